The molecule has 0 atom stereocenters. The van der Waals surface area contributed by atoms with Crippen molar-refractivity contribution in [3.05, 3.63) is 76.4 Å². The van der Waals surface area contributed by atoms with Crippen molar-refractivity contribution in [1.29, 1.82) is 5.26 Å². The second kappa shape index (κ2) is 8.03. The minimum atomic E-state index is -4.50. The van der Waals surface area contributed by atoms with Crippen LogP contribution in [0, 0.1) is 25.2 Å². The molecule has 1 aromatic carbocycles. The molecule has 0 fully saturated rings. The number of aromatic nitrogens is 2. The molecule has 8 heteroatoms. The van der Waals surface area contributed by atoms with E-state index in [1.54, 1.807) is 31.2 Å². The smallest absolute Gasteiger partial charge is 0.433 e. The Bertz CT molecular complexity index is 1120. The molecule has 0 aliphatic heterocycles. The highest BCUT2D eigenvalue weighted by atomic mass is 19.4. The number of pyridine rings is 1. The van der Waals surface area contributed by atoms with Crippen molar-refractivity contribution in [3.8, 4) is 17.2 Å². The zero-order valence-corrected chi connectivity index (χ0v) is 16.5. The Hall–Kier alpha value is -3.60. The summed E-state index contributed by atoms with van der Waals surface area (Å²) in [6.07, 6.45) is -3.32. The van der Waals surface area contributed by atoms with Crippen LogP contribution in [0.3, 0.4) is 0 Å². The van der Waals surface area contributed by atoms with E-state index in [4.69, 9.17) is 10.00 Å². The Morgan fingerprint density at radius 1 is 1.13 bits per heavy atom. The lowest BCUT2D eigenvalue weighted by atomic mass is 9.99. The molecule has 2 heterocycles. The molecule has 0 aliphatic rings. The first kappa shape index (κ1) is 21.1. The molecule has 30 heavy (non-hydrogen) atoms. The maximum absolute atomic E-state index is 12.8. The standard InChI is InChI=1S/C22H18F3N3O2/c1-13-19(17-7-4-15(10-26)5-8-17)20(21(29)30-3)14(2)28(13)12-16-6-9-18(27-11-16)22(23,24)25/h4-9,11H,12H2,1-3H3. The molecule has 0 spiro atoms. The molecule has 0 unspecified atom stereocenters. The second-order valence-corrected chi connectivity index (χ2v) is 6.74. The van der Waals surface area contributed by atoms with Crippen molar-refractivity contribution in [3.63, 3.8) is 0 Å². The lowest BCUT2D eigenvalue weighted by Gasteiger charge is -2.11. The van der Waals surface area contributed by atoms with Crippen LogP contribution in [0.25, 0.3) is 11.1 Å². The molecule has 0 saturated carbocycles. The van der Waals surface area contributed by atoms with E-state index in [2.05, 4.69) is 4.98 Å². The van der Waals surface area contributed by atoms with Crippen LogP contribution in [-0.4, -0.2) is 22.6 Å². The third kappa shape index (κ3) is 3.92. The first-order valence-electron chi connectivity index (χ1n) is 8.98. The largest absolute Gasteiger partial charge is 0.465 e. The Morgan fingerprint density at radius 3 is 2.30 bits per heavy atom. The van der Waals surface area contributed by atoms with Gasteiger partial charge in [-0.25, -0.2) is 4.79 Å². The lowest BCUT2D eigenvalue weighted by Crippen LogP contribution is -2.10. The number of nitrogens with zero attached hydrogens (tertiary/aromatic N) is 3. The van der Waals surface area contributed by atoms with Gasteiger partial charge >= 0.3 is 12.1 Å². The van der Waals surface area contributed by atoms with Gasteiger partial charge in [-0.2, -0.15) is 18.4 Å². The topological polar surface area (TPSA) is 67.9 Å². The first-order valence-corrected chi connectivity index (χ1v) is 8.98. The van der Waals surface area contributed by atoms with Crippen LogP contribution < -0.4 is 0 Å². The fourth-order valence-electron chi connectivity index (χ4n) is 3.41. The highest BCUT2D eigenvalue weighted by molar-refractivity contribution is 5.99. The number of nitriles is 1. The summed E-state index contributed by atoms with van der Waals surface area (Å²) in [7, 11) is 1.29. The van der Waals surface area contributed by atoms with Gasteiger partial charge in [0.25, 0.3) is 0 Å². The third-order valence-corrected chi connectivity index (χ3v) is 4.93. The molecule has 0 aliphatic carbocycles. The monoisotopic (exact) mass is 413 g/mol. The van der Waals surface area contributed by atoms with E-state index in [-0.39, 0.29) is 6.54 Å². The van der Waals surface area contributed by atoms with Crippen LogP contribution in [0.4, 0.5) is 13.2 Å². The average molecular weight is 413 g/mol. The van der Waals surface area contributed by atoms with E-state index < -0.39 is 17.8 Å². The van der Waals surface area contributed by atoms with Gasteiger partial charge in [0, 0.05) is 29.7 Å². The van der Waals surface area contributed by atoms with Crippen LogP contribution in [0.5, 0.6) is 0 Å². The Labute approximate surface area is 171 Å². The predicted octanol–water partition coefficient (Wildman–Crippen LogP) is 4.89. The zero-order chi connectivity index (χ0) is 22.1. The number of ether oxygens (including phenoxy) is 1. The molecule has 3 aromatic rings. The number of hydrogen-bond acceptors (Lipinski definition) is 4. The Morgan fingerprint density at radius 2 is 1.80 bits per heavy atom. The van der Waals surface area contributed by atoms with Crippen LogP contribution in [0.15, 0.2) is 42.6 Å². The number of benzene rings is 1. The Kier molecular flexibility index (Phi) is 5.65. The van der Waals surface area contributed by atoms with Crippen LogP contribution >= 0.6 is 0 Å². The maximum Gasteiger partial charge on any atom is 0.433 e. The molecule has 0 amide bonds. The van der Waals surface area contributed by atoms with Gasteiger partial charge in [0.05, 0.1) is 24.3 Å². The van der Waals surface area contributed by atoms with Gasteiger partial charge in [-0.15, -0.1) is 0 Å². The highest BCUT2D eigenvalue weighted by Gasteiger charge is 2.32. The van der Waals surface area contributed by atoms with E-state index in [1.807, 2.05) is 17.6 Å². The summed E-state index contributed by atoms with van der Waals surface area (Å²) < 4.78 is 45.1. The van der Waals surface area contributed by atoms with Crippen molar-refractivity contribution in [2.45, 2.75) is 26.6 Å². The molecule has 0 radical (unpaired) electrons. The lowest BCUT2D eigenvalue weighted by molar-refractivity contribution is -0.141. The molecule has 3 rings (SSSR count). The minimum Gasteiger partial charge on any atom is -0.465 e. The molecular formula is C22H18F3N3O2. The van der Waals surface area contributed by atoms with E-state index in [9.17, 15) is 18.0 Å². The van der Waals surface area contributed by atoms with Gasteiger partial charge in [-0.05, 0) is 43.2 Å². The van der Waals surface area contributed by atoms with E-state index in [0.29, 0.717) is 27.9 Å². The number of hydrogen-bond donors (Lipinski definition) is 0. The van der Waals surface area contributed by atoms with Gasteiger partial charge in [0.15, 0.2) is 0 Å². The molecule has 5 nitrogen and oxygen atoms in total. The quantitative estimate of drug-likeness (QED) is 0.571. The summed E-state index contributed by atoms with van der Waals surface area (Å²) in [6, 6.07) is 11.2. The zero-order valence-electron chi connectivity index (χ0n) is 16.5. The molecule has 0 N–H and O–H groups in total. The van der Waals surface area contributed by atoms with Gasteiger partial charge < -0.3 is 9.30 Å². The summed E-state index contributed by atoms with van der Waals surface area (Å²) in [5.41, 5.74) is 3.23. The predicted molar refractivity (Wildman–Crippen MR) is 104 cm³/mol. The van der Waals surface area contributed by atoms with Crippen molar-refractivity contribution in [2.75, 3.05) is 7.11 Å². The number of carbonyl (C=O) groups is 1. The summed E-state index contributed by atoms with van der Waals surface area (Å²) in [6.45, 7) is 3.82. The van der Waals surface area contributed by atoms with Crippen LogP contribution in [0.1, 0.15) is 38.6 Å². The summed E-state index contributed by atoms with van der Waals surface area (Å²) in [5.74, 6) is -0.515. The SMILES string of the molecule is COC(=O)c1c(-c2ccc(C#N)cc2)c(C)n(Cc2ccc(C(F)(F)F)nc2)c1C. The summed E-state index contributed by atoms with van der Waals surface area (Å²) in [4.78, 5) is 16.0. The number of alkyl halides is 3. The Balaban J connectivity index is 2.08. The van der Waals surface area contributed by atoms with Gasteiger partial charge in [0.1, 0.15) is 5.69 Å². The number of methoxy groups -OCH3 is 1. The van der Waals surface area contributed by atoms with Crippen molar-refractivity contribution < 1.29 is 22.7 Å². The van der Waals surface area contributed by atoms with Gasteiger partial charge in [-0.3, -0.25) is 4.98 Å². The number of rotatable bonds is 4. The highest BCUT2D eigenvalue weighted by Crippen LogP contribution is 2.34. The van der Waals surface area contributed by atoms with E-state index in [0.717, 1.165) is 17.3 Å². The first-order chi connectivity index (χ1) is 14.2. The van der Waals surface area contributed by atoms with Crippen molar-refractivity contribution >= 4 is 5.97 Å². The maximum atomic E-state index is 12.8. The van der Waals surface area contributed by atoms with Crippen molar-refractivity contribution in [1.82, 2.24) is 9.55 Å². The molecular weight excluding hydrogens is 395 g/mol. The van der Waals surface area contributed by atoms with E-state index in [1.165, 1.54) is 19.4 Å². The molecule has 154 valence electrons. The molecule has 0 saturated heterocycles. The number of carbonyl (C=O) groups excluding carboxylic acids is 1. The van der Waals surface area contributed by atoms with Crippen LogP contribution in [0.2, 0.25) is 0 Å². The average Bonchev–Trinajstić information content (AvgIpc) is 2.97. The van der Waals surface area contributed by atoms with Gasteiger partial charge in [-0.1, -0.05) is 18.2 Å². The molecule has 0 bridgehead atoms. The third-order valence-electron chi connectivity index (χ3n) is 4.93. The van der Waals surface area contributed by atoms with E-state index >= 15 is 0 Å². The van der Waals surface area contributed by atoms with Gasteiger partial charge in [0.2, 0.25) is 0 Å². The fourth-order valence-corrected chi connectivity index (χ4v) is 3.41. The number of halogens is 3. The number of esters is 1. The second-order valence-electron chi connectivity index (χ2n) is 6.74. The van der Waals surface area contributed by atoms with Crippen molar-refractivity contribution in [2.24, 2.45) is 0 Å². The fraction of sp³-hybridized carbons (Fsp3) is 0.227. The minimum absolute atomic E-state index is 0.239. The molecule has 2 aromatic heterocycles. The summed E-state index contributed by atoms with van der Waals surface area (Å²) in [5, 5.41) is 9.01. The normalized spacial score (nSPS) is 11.2. The summed E-state index contributed by atoms with van der Waals surface area (Å²) >= 11 is 0. The van der Waals surface area contributed by atoms with Crippen LogP contribution in [-0.2, 0) is 17.5 Å².